The van der Waals surface area contributed by atoms with Crippen molar-refractivity contribution < 1.29 is 9.53 Å². The number of hydrogen-bond donors (Lipinski definition) is 2. The normalized spacial score (nSPS) is 13.9. The molecule has 106 valence electrons. The third-order valence-electron chi connectivity index (χ3n) is 3.55. The van der Waals surface area contributed by atoms with Crippen LogP contribution < -0.4 is 15.8 Å². The molecule has 3 N–H and O–H groups in total. The fraction of sp³-hybridized carbons (Fsp3) is 0.333. The molecule has 0 radical (unpaired) electrons. The van der Waals surface area contributed by atoms with E-state index in [1.807, 2.05) is 30.3 Å². The lowest BCUT2D eigenvalue weighted by Gasteiger charge is -2.25. The first-order valence-electron chi connectivity index (χ1n) is 6.52. The van der Waals surface area contributed by atoms with Crippen LogP contribution in [0.2, 0.25) is 0 Å². The number of nitrogens with one attached hydrogen (secondary N) is 1. The molecule has 0 fully saturated rings. The number of pyridine rings is 1. The molecule has 1 amide bonds. The highest BCUT2D eigenvalue weighted by atomic mass is 16.5. The lowest BCUT2D eigenvalue weighted by atomic mass is 9.98. The van der Waals surface area contributed by atoms with Crippen molar-refractivity contribution in [2.75, 3.05) is 13.7 Å². The highest BCUT2D eigenvalue weighted by molar-refractivity contribution is 5.84. The van der Waals surface area contributed by atoms with Gasteiger partial charge in [-0.05, 0) is 26.1 Å². The molecule has 0 bridgehead atoms. The molecule has 2 aromatic rings. The largest absolute Gasteiger partial charge is 0.491 e. The summed E-state index contributed by atoms with van der Waals surface area (Å²) in [4.78, 5) is 15.7. The van der Waals surface area contributed by atoms with Crippen LogP contribution >= 0.6 is 0 Å². The Morgan fingerprint density at radius 3 is 2.85 bits per heavy atom. The van der Waals surface area contributed by atoms with Crippen molar-refractivity contribution in [1.29, 1.82) is 0 Å². The Hall–Kier alpha value is -2.14. The number of likely N-dealkylation sites (N-methyl/N-ethyl adjacent to an activating group) is 1. The van der Waals surface area contributed by atoms with E-state index < -0.39 is 5.54 Å². The van der Waals surface area contributed by atoms with Crippen molar-refractivity contribution in [2.24, 2.45) is 5.73 Å². The van der Waals surface area contributed by atoms with Gasteiger partial charge in [0.1, 0.15) is 11.3 Å². The first-order chi connectivity index (χ1) is 9.57. The average Bonchev–Trinajstić information content (AvgIpc) is 2.47. The second-order valence-corrected chi connectivity index (χ2v) is 4.88. The Kier molecular flexibility index (Phi) is 4.20. The van der Waals surface area contributed by atoms with Crippen LogP contribution in [-0.2, 0) is 4.79 Å². The summed E-state index contributed by atoms with van der Waals surface area (Å²) in [5.41, 5.74) is 5.44. The van der Waals surface area contributed by atoms with E-state index in [2.05, 4.69) is 10.3 Å². The van der Waals surface area contributed by atoms with E-state index in [-0.39, 0.29) is 5.91 Å². The van der Waals surface area contributed by atoms with Gasteiger partial charge in [0.15, 0.2) is 0 Å². The summed E-state index contributed by atoms with van der Waals surface area (Å²) in [7, 11) is 1.71. The van der Waals surface area contributed by atoms with Gasteiger partial charge in [0.05, 0.1) is 12.1 Å². The number of amides is 1. The van der Waals surface area contributed by atoms with Crippen LogP contribution in [0, 0.1) is 0 Å². The zero-order valence-electron chi connectivity index (χ0n) is 11.7. The molecule has 0 aliphatic carbocycles. The molecule has 5 heteroatoms. The summed E-state index contributed by atoms with van der Waals surface area (Å²) in [5, 5.41) is 3.96. The highest BCUT2D eigenvalue weighted by Gasteiger charge is 2.28. The van der Waals surface area contributed by atoms with E-state index in [1.54, 1.807) is 20.2 Å². The predicted octanol–water partition coefficient (Wildman–Crippen LogP) is 1.47. The molecule has 2 rings (SSSR count). The van der Waals surface area contributed by atoms with Crippen LogP contribution in [-0.4, -0.2) is 30.1 Å². The minimum absolute atomic E-state index is 0.385. The molecular weight excluding hydrogens is 254 g/mol. The number of fused-ring (bicyclic) bond motifs is 1. The summed E-state index contributed by atoms with van der Waals surface area (Å²) >= 11 is 0. The van der Waals surface area contributed by atoms with Gasteiger partial charge in [-0.15, -0.1) is 0 Å². The summed E-state index contributed by atoms with van der Waals surface area (Å²) < 4.78 is 5.76. The summed E-state index contributed by atoms with van der Waals surface area (Å²) in [6.45, 7) is 2.15. The molecule has 1 heterocycles. The maximum Gasteiger partial charge on any atom is 0.237 e. The number of para-hydroxylation sites is 1. The van der Waals surface area contributed by atoms with E-state index >= 15 is 0 Å². The first-order valence-corrected chi connectivity index (χ1v) is 6.52. The zero-order valence-corrected chi connectivity index (χ0v) is 11.7. The number of carbonyl (C=O) groups excluding carboxylic acids is 1. The Morgan fingerprint density at radius 2 is 2.15 bits per heavy atom. The summed E-state index contributed by atoms with van der Waals surface area (Å²) in [6, 6.07) is 9.64. The zero-order chi connectivity index (χ0) is 14.6. The van der Waals surface area contributed by atoms with Gasteiger partial charge in [0.2, 0.25) is 5.91 Å². The predicted molar refractivity (Wildman–Crippen MR) is 78.5 cm³/mol. The Balaban J connectivity index is 2.09. The minimum Gasteiger partial charge on any atom is -0.491 e. The number of carbonyl (C=O) groups is 1. The lowest BCUT2D eigenvalue weighted by Crippen LogP contribution is -2.52. The number of ether oxygens (including phenoxy) is 1. The quantitative estimate of drug-likeness (QED) is 0.835. The molecule has 0 aliphatic rings. The topological polar surface area (TPSA) is 77.2 Å². The van der Waals surface area contributed by atoms with Gasteiger partial charge in [-0.2, -0.15) is 0 Å². The van der Waals surface area contributed by atoms with Crippen molar-refractivity contribution in [1.82, 2.24) is 10.3 Å². The highest BCUT2D eigenvalue weighted by Crippen LogP contribution is 2.23. The fourth-order valence-electron chi connectivity index (χ4n) is 1.93. The lowest BCUT2D eigenvalue weighted by molar-refractivity contribution is -0.124. The molecule has 20 heavy (non-hydrogen) atoms. The van der Waals surface area contributed by atoms with E-state index in [0.717, 1.165) is 10.9 Å². The van der Waals surface area contributed by atoms with Crippen LogP contribution in [0.25, 0.3) is 10.9 Å². The molecule has 5 nitrogen and oxygen atoms in total. The first kappa shape index (κ1) is 14.3. The second-order valence-electron chi connectivity index (χ2n) is 4.88. The van der Waals surface area contributed by atoms with Crippen LogP contribution in [0.1, 0.15) is 13.3 Å². The Bertz CT molecular complexity index is 610. The van der Waals surface area contributed by atoms with Crippen molar-refractivity contribution in [2.45, 2.75) is 18.9 Å². The van der Waals surface area contributed by atoms with Gasteiger partial charge in [-0.25, -0.2) is 0 Å². The molecule has 1 aromatic heterocycles. The maximum absolute atomic E-state index is 11.4. The third-order valence-corrected chi connectivity index (χ3v) is 3.55. The monoisotopic (exact) mass is 273 g/mol. The second kappa shape index (κ2) is 5.88. The van der Waals surface area contributed by atoms with Crippen LogP contribution in [0.3, 0.4) is 0 Å². The van der Waals surface area contributed by atoms with Gasteiger partial charge in [-0.3, -0.25) is 9.78 Å². The van der Waals surface area contributed by atoms with Gasteiger partial charge in [0, 0.05) is 18.0 Å². The summed E-state index contributed by atoms with van der Waals surface area (Å²) in [5.74, 6) is 0.325. The van der Waals surface area contributed by atoms with Gasteiger partial charge in [0.25, 0.3) is 0 Å². The smallest absolute Gasteiger partial charge is 0.237 e. The van der Waals surface area contributed by atoms with Crippen LogP contribution in [0.15, 0.2) is 36.5 Å². The van der Waals surface area contributed by atoms with Crippen molar-refractivity contribution in [3.8, 4) is 5.75 Å². The third kappa shape index (κ3) is 2.88. The molecule has 0 aliphatic heterocycles. The molecule has 1 unspecified atom stereocenters. The average molecular weight is 273 g/mol. The van der Waals surface area contributed by atoms with E-state index in [4.69, 9.17) is 10.5 Å². The maximum atomic E-state index is 11.4. The molecule has 0 saturated carbocycles. The van der Waals surface area contributed by atoms with E-state index in [0.29, 0.717) is 18.8 Å². The fourth-order valence-corrected chi connectivity index (χ4v) is 1.93. The number of primary amides is 1. The number of aromatic nitrogens is 1. The Labute approximate surface area is 118 Å². The van der Waals surface area contributed by atoms with Gasteiger partial charge < -0.3 is 15.8 Å². The minimum atomic E-state index is -0.766. The van der Waals surface area contributed by atoms with Gasteiger partial charge in [-0.1, -0.05) is 18.2 Å². The molecule has 1 atom stereocenters. The van der Waals surface area contributed by atoms with Crippen molar-refractivity contribution in [3.05, 3.63) is 36.5 Å². The number of benzene rings is 1. The SMILES string of the molecule is CNC(C)(CCOc1cccc2cccnc12)C(N)=O. The van der Waals surface area contributed by atoms with Crippen LogP contribution in [0.5, 0.6) is 5.75 Å². The van der Waals surface area contributed by atoms with E-state index in [1.165, 1.54) is 0 Å². The number of nitrogens with zero attached hydrogens (tertiary/aromatic N) is 1. The molecule has 1 aromatic carbocycles. The van der Waals surface area contributed by atoms with Crippen LogP contribution in [0.4, 0.5) is 0 Å². The molecule has 0 saturated heterocycles. The molecule has 0 spiro atoms. The Morgan fingerprint density at radius 1 is 1.40 bits per heavy atom. The van der Waals surface area contributed by atoms with Gasteiger partial charge >= 0.3 is 0 Å². The standard InChI is InChI=1S/C15H19N3O2/c1-15(17-2,14(16)19)8-10-20-12-7-3-5-11-6-4-9-18-13(11)12/h3-7,9,17H,8,10H2,1-2H3,(H2,16,19). The molecular formula is C15H19N3O2. The van der Waals surface area contributed by atoms with E-state index in [9.17, 15) is 4.79 Å². The number of rotatable bonds is 6. The summed E-state index contributed by atoms with van der Waals surface area (Å²) in [6.07, 6.45) is 2.22. The van der Waals surface area contributed by atoms with Crippen molar-refractivity contribution >= 4 is 16.8 Å². The number of nitrogens with two attached hydrogens (primary N) is 1. The van der Waals surface area contributed by atoms with Crippen molar-refractivity contribution in [3.63, 3.8) is 0 Å². The number of hydrogen-bond acceptors (Lipinski definition) is 4.